The van der Waals surface area contributed by atoms with Gasteiger partial charge < -0.3 is 10.2 Å². The Kier molecular flexibility index (Phi) is 3.66. The normalized spacial score (nSPS) is 15.5. The van der Waals surface area contributed by atoms with Crippen LogP contribution in [0.2, 0.25) is 0 Å². The Morgan fingerprint density at radius 3 is 2.57 bits per heavy atom. The van der Waals surface area contributed by atoms with Crippen LogP contribution in [0.15, 0.2) is 6.07 Å². The fourth-order valence-electron chi connectivity index (χ4n) is 1.32. The van der Waals surface area contributed by atoms with Gasteiger partial charge in [-0.25, -0.2) is 0 Å². The number of aromatic nitrogens is 2. The van der Waals surface area contributed by atoms with Gasteiger partial charge in [-0.05, 0) is 19.4 Å². The second-order valence-electron chi connectivity index (χ2n) is 3.62. The van der Waals surface area contributed by atoms with E-state index < -0.39 is 12.2 Å². The molecule has 4 heteroatoms. The van der Waals surface area contributed by atoms with Gasteiger partial charge in [0.1, 0.15) is 0 Å². The minimum Gasteiger partial charge on any atom is -0.391 e. The smallest absolute Gasteiger partial charge is 0.0851 e. The minimum atomic E-state index is -0.713. The first-order valence-electron chi connectivity index (χ1n) is 4.92. The maximum atomic E-state index is 9.50. The van der Waals surface area contributed by atoms with Crippen molar-refractivity contribution in [3.63, 3.8) is 0 Å². The molecule has 14 heavy (non-hydrogen) atoms. The summed E-state index contributed by atoms with van der Waals surface area (Å²) < 4.78 is 1.75. The summed E-state index contributed by atoms with van der Waals surface area (Å²) in [5.74, 6) is 0. The molecule has 2 unspecified atom stereocenters. The standard InChI is InChI=1S/C10H18N2O2/c1-4-8-5-9(12(3)11-8)6-10(14)7(2)13/h5,7,10,13-14H,4,6H2,1-3H3. The highest BCUT2D eigenvalue weighted by Gasteiger charge is 2.14. The van der Waals surface area contributed by atoms with Crippen molar-refractivity contribution < 1.29 is 10.2 Å². The Balaban J connectivity index is 2.71. The molecule has 2 N–H and O–H groups in total. The van der Waals surface area contributed by atoms with Crippen molar-refractivity contribution in [1.29, 1.82) is 0 Å². The van der Waals surface area contributed by atoms with Gasteiger partial charge in [-0.1, -0.05) is 6.92 Å². The number of aryl methyl sites for hydroxylation is 2. The van der Waals surface area contributed by atoms with E-state index in [4.69, 9.17) is 5.11 Å². The Morgan fingerprint density at radius 1 is 1.50 bits per heavy atom. The van der Waals surface area contributed by atoms with E-state index in [-0.39, 0.29) is 0 Å². The molecule has 2 atom stereocenters. The molecule has 1 heterocycles. The first kappa shape index (κ1) is 11.2. The fourth-order valence-corrected chi connectivity index (χ4v) is 1.32. The molecular weight excluding hydrogens is 180 g/mol. The molecule has 0 saturated carbocycles. The lowest BCUT2D eigenvalue weighted by molar-refractivity contribution is 0.0308. The molecule has 0 aliphatic heterocycles. The van der Waals surface area contributed by atoms with Crippen molar-refractivity contribution in [1.82, 2.24) is 9.78 Å². The highest BCUT2D eigenvalue weighted by atomic mass is 16.3. The van der Waals surface area contributed by atoms with E-state index in [2.05, 4.69) is 5.10 Å². The number of hydrogen-bond donors (Lipinski definition) is 2. The van der Waals surface area contributed by atoms with Crippen LogP contribution in [0.3, 0.4) is 0 Å². The molecule has 0 aliphatic carbocycles. The molecule has 1 aromatic rings. The highest BCUT2D eigenvalue weighted by molar-refractivity contribution is 5.11. The number of aliphatic hydroxyl groups excluding tert-OH is 2. The number of aliphatic hydroxyl groups is 2. The lowest BCUT2D eigenvalue weighted by atomic mass is 10.1. The molecule has 0 spiro atoms. The zero-order chi connectivity index (χ0) is 10.7. The lowest BCUT2D eigenvalue weighted by Crippen LogP contribution is -2.25. The molecule has 4 nitrogen and oxygen atoms in total. The summed E-state index contributed by atoms with van der Waals surface area (Å²) >= 11 is 0. The van der Waals surface area contributed by atoms with Crippen molar-refractivity contribution in [2.45, 2.75) is 38.9 Å². The topological polar surface area (TPSA) is 58.3 Å². The first-order valence-corrected chi connectivity index (χ1v) is 4.92. The summed E-state index contributed by atoms with van der Waals surface area (Å²) in [6, 6.07) is 1.96. The second-order valence-corrected chi connectivity index (χ2v) is 3.62. The first-order chi connectivity index (χ1) is 6.54. The molecule has 0 bridgehead atoms. The second kappa shape index (κ2) is 4.57. The Hall–Kier alpha value is -0.870. The van der Waals surface area contributed by atoms with Gasteiger partial charge in [0, 0.05) is 19.2 Å². The predicted octanol–water partition coefficient (Wildman–Crippen LogP) is 0.267. The minimum absolute atomic E-state index is 0.446. The summed E-state index contributed by atoms with van der Waals surface area (Å²) in [5, 5.41) is 22.9. The van der Waals surface area contributed by atoms with Crippen molar-refractivity contribution in [3.8, 4) is 0 Å². The molecule has 0 saturated heterocycles. The fraction of sp³-hybridized carbons (Fsp3) is 0.700. The van der Waals surface area contributed by atoms with Crippen LogP contribution in [-0.2, 0) is 19.9 Å². The maximum absolute atomic E-state index is 9.50. The van der Waals surface area contributed by atoms with Crippen LogP contribution in [0.25, 0.3) is 0 Å². The number of hydrogen-bond acceptors (Lipinski definition) is 3. The van der Waals surface area contributed by atoms with E-state index in [1.165, 1.54) is 0 Å². The van der Waals surface area contributed by atoms with Crippen LogP contribution >= 0.6 is 0 Å². The van der Waals surface area contributed by atoms with Crippen LogP contribution in [-0.4, -0.2) is 32.2 Å². The third-order valence-electron chi connectivity index (χ3n) is 2.36. The SMILES string of the molecule is CCc1cc(CC(O)C(C)O)n(C)n1. The molecular formula is C10H18N2O2. The molecule has 80 valence electrons. The number of rotatable bonds is 4. The quantitative estimate of drug-likeness (QED) is 0.730. The van der Waals surface area contributed by atoms with Crippen LogP contribution in [0, 0.1) is 0 Å². The van der Waals surface area contributed by atoms with Gasteiger partial charge in [-0.3, -0.25) is 4.68 Å². The average Bonchev–Trinajstić information content (AvgIpc) is 2.47. The van der Waals surface area contributed by atoms with Crippen LogP contribution in [0.1, 0.15) is 25.2 Å². The van der Waals surface area contributed by atoms with Crippen LogP contribution in [0.4, 0.5) is 0 Å². The maximum Gasteiger partial charge on any atom is 0.0851 e. The van der Waals surface area contributed by atoms with E-state index in [0.717, 1.165) is 17.8 Å². The van der Waals surface area contributed by atoms with Gasteiger partial charge in [0.15, 0.2) is 0 Å². The molecule has 0 fully saturated rings. The third-order valence-corrected chi connectivity index (χ3v) is 2.36. The van der Waals surface area contributed by atoms with Gasteiger partial charge in [0.05, 0.1) is 17.9 Å². The average molecular weight is 198 g/mol. The molecule has 0 aliphatic rings. The van der Waals surface area contributed by atoms with Gasteiger partial charge >= 0.3 is 0 Å². The summed E-state index contributed by atoms with van der Waals surface area (Å²) in [7, 11) is 1.85. The van der Waals surface area contributed by atoms with Crippen LogP contribution in [0.5, 0.6) is 0 Å². The largest absolute Gasteiger partial charge is 0.391 e. The van der Waals surface area contributed by atoms with E-state index in [1.54, 1.807) is 11.6 Å². The monoisotopic (exact) mass is 198 g/mol. The van der Waals surface area contributed by atoms with E-state index in [1.807, 2.05) is 20.0 Å². The van der Waals surface area contributed by atoms with Gasteiger partial charge in [-0.15, -0.1) is 0 Å². The Bertz CT molecular complexity index is 294. The zero-order valence-electron chi connectivity index (χ0n) is 8.94. The summed E-state index contributed by atoms with van der Waals surface area (Å²) in [4.78, 5) is 0. The van der Waals surface area contributed by atoms with Crippen molar-refractivity contribution in [2.75, 3.05) is 0 Å². The van der Waals surface area contributed by atoms with E-state index in [0.29, 0.717) is 6.42 Å². The summed E-state index contributed by atoms with van der Waals surface area (Å²) in [6.07, 6.45) is -0.0788. The predicted molar refractivity (Wildman–Crippen MR) is 54.0 cm³/mol. The van der Waals surface area contributed by atoms with Gasteiger partial charge in [-0.2, -0.15) is 5.10 Å². The summed E-state index contributed by atoms with van der Waals surface area (Å²) in [6.45, 7) is 3.62. The van der Waals surface area contributed by atoms with E-state index >= 15 is 0 Å². The molecule has 1 aromatic heterocycles. The Morgan fingerprint density at radius 2 is 2.14 bits per heavy atom. The zero-order valence-corrected chi connectivity index (χ0v) is 8.94. The molecule has 0 radical (unpaired) electrons. The molecule has 1 rings (SSSR count). The van der Waals surface area contributed by atoms with Crippen molar-refractivity contribution >= 4 is 0 Å². The number of nitrogens with zero attached hydrogens (tertiary/aromatic N) is 2. The Labute approximate surface area is 84.2 Å². The highest BCUT2D eigenvalue weighted by Crippen LogP contribution is 2.08. The third kappa shape index (κ3) is 2.56. The van der Waals surface area contributed by atoms with Gasteiger partial charge in [0.2, 0.25) is 0 Å². The van der Waals surface area contributed by atoms with Gasteiger partial charge in [0.25, 0.3) is 0 Å². The molecule has 0 aromatic carbocycles. The summed E-state index contributed by atoms with van der Waals surface area (Å²) in [5.41, 5.74) is 1.97. The van der Waals surface area contributed by atoms with Crippen molar-refractivity contribution in [3.05, 3.63) is 17.5 Å². The lowest BCUT2D eigenvalue weighted by Gasteiger charge is -2.12. The van der Waals surface area contributed by atoms with Crippen LogP contribution < -0.4 is 0 Å². The van der Waals surface area contributed by atoms with E-state index in [9.17, 15) is 5.11 Å². The van der Waals surface area contributed by atoms with Crippen molar-refractivity contribution in [2.24, 2.45) is 7.05 Å². The molecule has 0 amide bonds.